The number of sulfone groups is 1. The molecule has 10 nitrogen and oxygen atoms in total. The van der Waals surface area contributed by atoms with E-state index in [2.05, 4.69) is 20.7 Å². The highest BCUT2D eigenvalue weighted by Crippen LogP contribution is 2.29. The summed E-state index contributed by atoms with van der Waals surface area (Å²) >= 11 is 0. The van der Waals surface area contributed by atoms with Crippen molar-refractivity contribution in [1.82, 2.24) is 15.4 Å². The minimum atomic E-state index is -3.32. The molecule has 11 heteroatoms. The summed E-state index contributed by atoms with van der Waals surface area (Å²) in [5.74, 6) is 0.951. The highest BCUT2D eigenvalue weighted by Gasteiger charge is 2.14. The van der Waals surface area contributed by atoms with Crippen LogP contribution in [0.15, 0.2) is 53.6 Å². The zero-order valence-electron chi connectivity index (χ0n) is 17.6. The molecule has 0 aliphatic heterocycles. The number of hydrogen-bond acceptors (Lipinski definition) is 8. The summed E-state index contributed by atoms with van der Waals surface area (Å²) in [5.41, 5.74) is 0.266. The van der Waals surface area contributed by atoms with Gasteiger partial charge in [-0.1, -0.05) is 5.21 Å². The Labute approximate surface area is 185 Å². The molecule has 0 aliphatic rings. The van der Waals surface area contributed by atoms with Crippen LogP contribution in [0.1, 0.15) is 30.1 Å². The van der Waals surface area contributed by atoms with E-state index < -0.39 is 15.7 Å². The van der Waals surface area contributed by atoms with Crippen LogP contribution < -0.4 is 14.8 Å². The molecule has 0 bridgehead atoms. The molecule has 0 saturated carbocycles. The SMILES string of the molecule is CC(CCCO)Oc1cc(Oc2ccc(S(C)(=O)=O)cc2)cc(C(=O)Nc2c[nH]nn2)c1. The molecule has 1 heterocycles. The summed E-state index contributed by atoms with van der Waals surface area (Å²) in [4.78, 5) is 12.9. The van der Waals surface area contributed by atoms with Crippen molar-refractivity contribution in [2.45, 2.75) is 30.8 Å². The number of nitrogens with one attached hydrogen (secondary N) is 2. The van der Waals surface area contributed by atoms with Crippen LogP contribution in [0.25, 0.3) is 0 Å². The predicted molar refractivity (Wildman–Crippen MR) is 117 cm³/mol. The molecule has 32 heavy (non-hydrogen) atoms. The van der Waals surface area contributed by atoms with Crippen molar-refractivity contribution in [3.8, 4) is 17.2 Å². The number of aromatic amines is 1. The van der Waals surface area contributed by atoms with Crippen molar-refractivity contribution in [2.24, 2.45) is 0 Å². The van der Waals surface area contributed by atoms with Gasteiger partial charge >= 0.3 is 0 Å². The van der Waals surface area contributed by atoms with Gasteiger partial charge in [-0.2, -0.15) is 0 Å². The van der Waals surface area contributed by atoms with Gasteiger partial charge in [-0.25, -0.2) is 8.42 Å². The third-order valence-electron chi connectivity index (χ3n) is 4.39. The molecule has 0 spiro atoms. The molecule has 0 radical (unpaired) electrons. The highest BCUT2D eigenvalue weighted by atomic mass is 32.2. The molecular weight excluding hydrogens is 436 g/mol. The van der Waals surface area contributed by atoms with E-state index in [1.165, 1.54) is 36.5 Å². The second kappa shape index (κ2) is 10.2. The number of rotatable bonds is 10. The Morgan fingerprint density at radius 1 is 1.16 bits per heavy atom. The van der Waals surface area contributed by atoms with Crippen molar-refractivity contribution in [2.75, 3.05) is 18.2 Å². The number of aromatic nitrogens is 3. The van der Waals surface area contributed by atoms with Gasteiger partial charge in [-0.05, 0) is 56.2 Å². The number of ether oxygens (including phenoxy) is 2. The molecule has 1 atom stereocenters. The van der Waals surface area contributed by atoms with E-state index in [1.54, 1.807) is 12.1 Å². The smallest absolute Gasteiger partial charge is 0.257 e. The number of anilines is 1. The van der Waals surface area contributed by atoms with Crippen molar-refractivity contribution in [3.05, 3.63) is 54.2 Å². The van der Waals surface area contributed by atoms with Crippen molar-refractivity contribution in [3.63, 3.8) is 0 Å². The lowest BCUT2D eigenvalue weighted by atomic mass is 10.1. The maximum atomic E-state index is 12.7. The number of hydrogen-bond donors (Lipinski definition) is 3. The van der Waals surface area contributed by atoms with E-state index in [0.29, 0.717) is 30.1 Å². The Hall–Kier alpha value is -3.44. The van der Waals surface area contributed by atoms with E-state index in [4.69, 9.17) is 14.6 Å². The number of amides is 1. The first-order valence-corrected chi connectivity index (χ1v) is 11.7. The van der Waals surface area contributed by atoms with Gasteiger partial charge in [0.2, 0.25) is 0 Å². The lowest BCUT2D eigenvalue weighted by molar-refractivity contribution is 0.102. The number of carbonyl (C=O) groups is 1. The third-order valence-corrected chi connectivity index (χ3v) is 5.52. The second-order valence-corrected chi connectivity index (χ2v) is 9.16. The van der Waals surface area contributed by atoms with E-state index in [1.807, 2.05) is 6.92 Å². The largest absolute Gasteiger partial charge is 0.491 e. The fourth-order valence-corrected chi connectivity index (χ4v) is 3.47. The normalized spacial score (nSPS) is 12.2. The van der Waals surface area contributed by atoms with E-state index in [0.717, 1.165) is 6.26 Å². The Balaban J connectivity index is 1.85. The first-order valence-electron chi connectivity index (χ1n) is 9.83. The van der Waals surface area contributed by atoms with Gasteiger partial charge in [0.1, 0.15) is 17.2 Å². The zero-order valence-corrected chi connectivity index (χ0v) is 18.4. The van der Waals surface area contributed by atoms with E-state index in [9.17, 15) is 13.2 Å². The molecule has 1 unspecified atom stereocenters. The lowest BCUT2D eigenvalue weighted by Gasteiger charge is -2.16. The zero-order chi connectivity index (χ0) is 23.1. The minimum Gasteiger partial charge on any atom is -0.491 e. The predicted octanol–water partition coefficient (Wildman–Crippen LogP) is 2.79. The Morgan fingerprint density at radius 2 is 1.88 bits per heavy atom. The van der Waals surface area contributed by atoms with Crippen LogP contribution in [-0.2, 0) is 9.84 Å². The molecule has 1 amide bonds. The fraction of sp³-hybridized carbons (Fsp3) is 0.286. The van der Waals surface area contributed by atoms with Crippen LogP contribution in [0.2, 0.25) is 0 Å². The molecule has 1 aromatic heterocycles. The van der Waals surface area contributed by atoms with Gasteiger partial charge in [-0.3, -0.25) is 9.89 Å². The van der Waals surface area contributed by atoms with Gasteiger partial charge in [0, 0.05) is 24.5 Å². The van der Waals surface area contributed by atoms with E-state index in [-0.39, 0.29) is 29.0 Å². The molecule has 2 aromatic carbocycles. The molecule has 3 aromatic rings. The summed E-state index contributed by atoms with van der Waals surface area (Å²) in [7, 11) is -3.32. The quantitative estimate of drug-likeness (QED) is 0.419. The number of H-pyrrole nitrogens is 1. The Bertz CT molecular complexity index is 1150. The number of aliphatic hydroxyl groups excluding tert-OH is 1. The molecule has 0 aliphatic carbocycles. The summed E-state index contributed by atoms with van der Waals surface area (Å²) < 4.78 is 35.0. The van der Waals surface area contributed by atoms with E-state index >= 15 is 0 Å². The maximum Gasteiger partial charge on any atom is 0.257 e. The topological polar surface area (TPSA) is 144 Å². The summed E-state index contributed by atoms with van der Waals surface area (Å²) in [5, 5.41) is 21.4. The van der Waals surface area contributed by atoms with Gasteiger partial charge in [0.25, 0.3) is 5.91 Å². The molecule has 0 fully saturated rings. The highest BCUT2D eigenvalue weighted by molar-refractivity contribution is 7.90. The minimum absolute atomic E-state index is 0.0612. The van der Waals surface area contributed by atoms with Crippen molar-refractivity contribution >= 4 is 21.6 Å². The van der Waals surface area contributed by atoms with Crippen molar-refractivity contribution in [1.29, 1.82) is 0 Å². The molecular formula is C21H24N4O6S. The number of aliphatic hydroxyl groups is 1. The van der Waals surface area contributed by atoms with Crippen LogP contribution in [0.4, 0.5) is 5.82 Å². The van der Waals surface area contributed by atoms with Crippen LogP contribution in [0.5, 0.6) is 17.2 Å². The average molecular weight is 461 g/mol. The van der Waals surface area contributed by atoms with Gasteiger partial charge in [0.15, 0.2) is 15.7 Å². The third kappa shape index (κ3) is 6.53. The van der Waals surface area contributed by atoms with Crippen LogP contribution in [0, 0.1) is 0 Å². The molecule has 170 valence electrons. The van der Waals surface area contributed by atoms with Gasteiger partial charge in [0.05, 0.1) is 17.2 Å². The van der Waals surface area contributed by atoms with Gasteiger partial charge < -0.3 is 19.9 Å². The average Bonchev–Trinajstić information content (AvgIpc) is 3.25. The first-order chi connectivity index (χ1) is 15.2. The lowest BCUT2D eigenvalue weighted by Crippen LogP contribution is -2.15. The monoisotopic (exact) mass is 460 g/mol. The van der Waals surface area contributed by atoms with Crippen LogP contribution >= 0.6 is 0 Å². The van der Waals surface area contributed by atoms with Crippen LogP contribution in [-0.4, -0.2) is 53.8 Å². The summed E-state index contributed by atoms with van der Waals surface area (Å²) in [6.07, 6.45) is 3.59. The first kappa shape index (κ1) is 23.2. The summed E-state index contributed by atoms with van der Waals surface area (Å²) in [6, 6.07) is 10.7. The Morgan fingerprint density at radius 3 is 2.50 bits per heavy atom. The number of benzene rings is 2. The van der Waals surface area contributed by atoms with Crippen molar-refractivity contribution < 1.29 is 27.8 Å². The number of carbonyl (C=O) groups excluding carboxylic acids is 1. The molecule has 0 saturated heterocycles. The van der Waals surface area contributed by atoms with Gasteiger partial charge in [-0.15, -0.1) is 5.10 Å². The fourth-order valence-electron chi connectivity index (χ4n) is 2.84. The number of nitrogens with zero attached hydrogens (tertiary/aromatic N) is 2. The molecule has 3 rings (SSSR count). The standard InChI is InChI=1S/C21H24N4O6S/c1-14(4-3-9-26)30-17-10-15(21(27)23-20-13-22-25-24-20)11-18(12-17)31-16-5-7-19(8-6-16)32(2,28)29/h5-8,10-14,26H,3-4,9H2,1-2H3,(H2,22,23,24,25,27). The Kier molecular flexibility index (Phi) is 7.44. The van der Waals surface area contributed by atoms with Crippen LogP contribution in [0.3, 0.4) is 0 Å². The summed E-state index contributed by atoms with van der Waals surface area (Å²) in [6.45, 7) is 1.92. The second-order valence-electron chi connectivity index (χ2n) is 7.15. The maximum absolute atomic E-state index is 12.7. The molecule has 3 N–H and O–H groups in total.